The maximum atomic E-state index is 9.36. The Bertz CT molecular complexity index is 173. The fraction of sp³-hybridized carbons (Fsp3) is 1.00. The molecule has 3 heteroatoms. The summed E-state index contributed by atoms with van der Waals surface area (Å²) in [5, 5.41) is 9.36. The summed E-state index contributed by atoms with van der Waals surface area (Å²) in [4.78, 5) is 0. The van der Waals surface area contributed by atoms with Crippen molar-refractivity contribution in [1.82, 2.24) is 0 Å². The molecule has 1 saturated heterocycles. The van der Waals surface area contributed by atoms with Crippen LogP contribution >= 0.6 is 0 Å². The van der Waals surface area contributed by atoms with E-state index in [1.54, 1.807) is 6.92 Å². The first-order valence-corrected chi connectivity index (χ1v) is 5.22. The molecule has 3 nitrogen and oxygen atoms in total. The van der Waals surface area contributed by atoms with Crippen molar-refractivity contribution in [3.05, 3.63) is 0 Å². The first-order valence-electron chi connectivity index (χ1n) is 5.22. The molecule has 76 valence electrons. The van der Waals surface area contributed by atoms with Gasteiger partial charge in [-0.25, -0.2) is 0 Å². The lowest BCUT2D eigenvalue weighted by Gasteiger charge is -2.32. The van der Waals surface area contributed by atoms with Gasteiger partial charge in [-0.2, -0.15) is 0 Å². The van der Waals surface area contributed by atoms with Crippen molar-refractivity contribution in [3.63, 3.8) is 0 Å². The van der Waals surface area contributed by atoms with Gasteiger partial charge in [-0.15, -0.1) is 0 Å². The smallest absolute Gasteiger partial charge is 0.169 e. The third kappa shape index (κ3) is 1.87. The van der Waals surface area contributed by atoms with E-state index in [2.05, 4.69) is 0 Å². The maximum Gasteiger partial charge on any atom is 0.169 e. The number of hydrogen-bond acceptors (Lipinski definition) is 3. The standard InChI is InChI=1S/C10H18O3/c1-8(11)9-7-12-10(13-9)5-3-2-4-6-10/h8-9,11H,2-7H2,1H3/t8-,9?/m0/s1. The van der Waals surface area contributed by atoms with Gasteiger partial charge in [-0.1, -0.05) is 6.42 Å². The molecule has 1 unspecified atom stereocenters. The zero-order valence-corrected chi connectivity index (χ0v) is 8.16. The van der Waals surface area contributed by atoms with Crippen LogP contribution in [0.1, 0.15) is 39.0 Å². The molecule has 0 radical (unpaired) electrons. The molecular weight excluding hydrogens is 168 g/mol. The Balaban J connectivity index is 1.94. The predicted octanol–water partition coefficient (Wildman–Crippen LogP) is 1.44. The Morgan fingerprint density at radius 2 is 2.00 bits per heavy atom. The zero-order valence-electron chi connectivity index (χ0n) is 8.16. The van der Waals surface area contributed by atoms with Crippen LogP contribution in [0.5, 0.6) is 0 Å². The van der Waals surface area contributed by atoms with Crippen LogP contribution in [0.4, 0.5) is 0 Å². The molecule has 0 bridgehead atoms. The third-order valence-corrected chi connectivity index (χ3v) is 3.03. The highest BCUT2D eigenvalue weighted by molar-refractivity contribution is 4.83. The van der Waals surface area contributed by atoms with Gasteiger partial charge < -0.3 is 14.6 Å². The Morgan fingerprint density at radius 3 is 2.54 bits per heavy atom. The summed E-state index contributed by atoms with van der Waals surface area (Å²) in [6.07, 6.45) is 5.12. The maximum absolute atomic E-state index is 9.36. The second-order valence-electron chi connectivity index (χ2n) is 4.18. The van der Waals surface area contributed by atoms with Gasteiger partial charge in [0, 0.05) is 12.8 Å². The SMILES string of the molecule is C[C@H](O)C1COC2(CCCCC2)O1. The molecular formula is C10H18O3. The third-order valence-electron chi connectivity index (χ3n) is 3.03. The summed E-state index contributed by atoms with van der Waals surface area (Å²) in [5.41, 5.74) is 0. The molecule has 0 aromatic heterocycles. The molecule has 2 rings (SSSR count). The fourth-order valence-electron chi connectivity index (χ4n) is 2.17. The minimum absolute atomic E-state index is 0.113. The van der Waals surface area contributed by atoms with Gasteiger partial charge in [0.05, 0.1) is 12.7 Å². The Labute approximate surface area is 79.0 Å². The van der Waals surface area contributed by atoms with Gasteiger partial charge in [-0.3, -0.25) is 0 Å². The lowest BCUT2D eigenvalue weighted by molar-refractivity contribution is -0.194. The van der Waals surface area contributed by atoms with Gasteiger partial charge in [0.1, 0.15) is 6.10 Å². The van der Waals surface area contributed by atoms with Crippen LogP contribution in [0.15, 0.2) is 0 Å². The van der Waals surface area contributed by atoms with Gasteiger partial charge >= 0.3 is 0 Å². The largest absolute Gasteiger partial charge is 0.391 e. The summed E-state index contributed by atoms with van der Waals surface area (Å²) in [5.74, 6) is -0.333. The van der Waals surface area contributed by atoms with Gasteiger partial charge in [-0.05, 0) is 19.8 Å². The Morgan fingerprint density at radius 1 is 1.31 bits per heavy atom. The van der Waals surface area contributed by atoms with E-state index in [0.717, 1.165) is 12.8 Å². The molecule has 0 aromatic rings. The van der Waals surface area contributed by atoms with E-state index < -0.39 is 6.10 Å². The average molecular weight is 186 g/mol. The van der Waals surface area contributed by atoms with Crippen LogP contribution in [-0.2, 0) is 9.47 Å². The molecule has 0 amide bonds. The van der Waals surface area contributed by atoms with Crippen molar-refractivity contribution in [1.29, 1.82) is 0 Å². The van der Waals surface area contributed by atoms with E-state index in [4.69, 9.17) is 9.47 Å². The second-order valence-corrected chi connectivity index (χ2v) is 4.18. The second kappa shape index (κ2) is 3.56. The van der Waals surface area contributed by atoms with Crippen LogP contribution in [0, 0.1) is 0 Å². The quantitative estimate of drug-likeness (QED) is 0.673. The van der Waals surface area contributed by atoms with Crippen molar-refractivity contribution >= 4 is 0 Å². The number of aliphatic hydroxyl groups is 1. The minimum Gasteiger partial charge on any atom is -0.391 e. The molecule has 1 N–H and O–H groups in total. The molecule has 2 fully saturated rings. The lowest BCUT2D eigenvalue weighted by Crippen LogP contribution is -2.35. The van der Waals surface area contributed by atoms with E-state index >= 15 is 0 Å². The monoisotopic (exact) mass is 186 g/mol. The van der Waals surface area contributed by atoms with Crippen LogP contribution in [-0.4, -0.2) is 29.7 Å². The molecule has 2 aliphatic rings. The summed E-state index contributed by atoms with van der Waals surface area (Å²) in [7, 11) is 0. The molecule has 0 aromatic carbocycles. The minimum atomic E-state index is -0.415. The van der Waals surface area contributed by atoms with Crippen molar-refractivity contribution in [3.8, 4) is 0 Å². The first-order chi connectivity index (χ1) is 6.22. The average Bonchev–Trinajstić information content (AvgIpc) is 2.51. The Hall–Kier alpha value is -0.120. The molecule has 1 heterocycles. The fourth-order valence-corrected chi connectivity index (χ4v) is 2.17. The van der Waals surface area contributed by atoms with E-state index in [0.29, 0.717) is 6.61 Å². The van der Waals surface area contributed by atoms with Crippen LogP contribution in [0.2, 0.25) is 0 Å². The van der Waals surface area contributed by atoms with E-state index in [-0.39, 0.29) is 11.9 Å². The summed E-state index contributed by atoms with van der Waals surface area (Å²) >= 11 is 0. The highest BCUT2D eigenvalue weighted by Gasteiger charge is 2.43. The van der Waals surface area contributed by atoms with Crippen LogP contribution in [0.3, 0.4) is 0 Å². The van der Waals surface area contributed by atoms with Gasteiger partial charge in [0.25, 0.3) is 0 Å². The molecule has 1 spiro atoms. The molecule has 13 heavy (non-hydrogen) atoms. The van der Waals surface area contributed by atoms with Crippen molar-refractivity contribution in [2.45, 2.75) is 57.0 Å². The van der Waals surface area contributed by atoms with Crippen LogP contribution < -0.4 is 0 Å². The highest BCUT2D eigenvalue weighted by atomic mass is 16.7. The van der Waals surface area contributed by atoms with Crippen LogP contribution in [0.25, 0.3) is 0 Å². The van der Waals surface area contributed by atoms with E-state index in [1.807, 2.05) is 0 Å². The van der Waals surface area contributed by atoms with E-state index in [1.165, 1.54) is 19.3 Å². The summed E-state index contributed by atoms with van der Waals surface area (Å²) in [6.45, 7) is 2.31. The van der Waals surface area contributed by atoms with E-state index in [9.17, 15) is 5.11 Å². The van der Waals surface area contributed by atoms with Gasteiger partial charge in [0.2, 0.25) is 0 Å². The topological polar surface area (TPSA) is 38.7 Å². The number of rotatable bonds is 1. The van der Waals surface area contributed by atoms with Crippen molar-refractivity contribution in [2.24, 2.45) is 0 Å². The van der Waals surface area contributed by atoms with Gasteiger partial charge in [0.15, 0.2) is 5.79 Å². The number of aliphatic hydroxyl groups excluding tert-OH is 1. The normalized spacial score (nSPS) is 35.1. The molecule has 1 aliphatic heterocycles. The highest BCUT2D eigenvalue weighted by Crippen LogP contribution is 2.38. The summed E-state index contributed by atoms with van der Waals surface area (Å²) in [6, 6.07) is 0. The Kier molecular flexibility index (Phi) is 2.58. The molecule has 1 saturated carbocycles. The lowest BCUT2D eigenvalue weighted by atomic mass is 9.94. The number of ether oxygens (including phenoxy) is 2. The molecule has 1 aliphatic carbocycles. The molecule has 2 atom stereocenters. The number of hydrogen-bond donors (Lipinski definition) is 1. The predicted molar refractivity (Wildman–Crippen MR) is 48.3 cm³/mol. The van der Waals surface area contributed by atoms with Crippen molar-refractivity contribution < 1.29 is 14.6 Å². The zero-order chi connectivity index (χ0) is 9.31. The van der Waals surface area contributed by atoms with Crippen molar-refractivity contribution in [2.75, 3.05) is 6.61 Å². The first kappa shape index (κ1) is 9.44. The summed E-state index contributed by atoms with van der Waals surface area (Å²) < 4.78 is 11.5.